The Kier molecular flexibility index (Phi) is 5.36. The molecular weight excluding hydrogens is 288 g/mol. The van der Waals surface area contributed by atoms with Crippen LogP contribution in [0.15, 0.2) is 61.7 Å². The SMILES string of the molecule is C=CCc1cc(C(=O)Cc2ccccc2)c(O)c(O)c1CC=C. The maximum Gasteiger partial charge on any atom is 0.171 e. The molecule has 2 N–H and O–H groups in total. The van der Waals surface area contributed by atoms with Crippen LogP contribution in [0.4, 0.5) is 0 Å². The number of aromatic hydroxyl groups is 2. The van der Waals surface area contributed by atoms with Crippen molar-refractivity contribution in [3.63, 3.8) is 0 Å². The molecule has 0 saturated carbocycles. The average Bonchev–Trinajstić information content (AvgIpc) is 2.55. The maximum atomic E-state index is 12.5. The third-order valence-electron chi connectivity index (χ3n) is 3.69. The summed E-state index contributed by atoms with van der Waals surface area (Å²) >= 11 is 0. The maximum absolute atomic E-state index is 12.5. The summed E-state index contributed by atoms with van der Waals surface area (Å²) in [7, 11) is 0. The molecule has 0 fully saturated rings. The predicted octanol–water partition coefficient (Wildman–Crippen LogP) is 3.98. The fraction of sp³-hybridized carbons (Fsp3) is 0.150. The summed E-state index contributed by atoms with van der Waals surface area (Å²) in [6.07, 6.45) is 4.43. The highest BCUT2D eigenvalue weighted by Crippen LogP contribution is 2.37. The van der Waals surface area contributed by atoms with Gasteiger partial charge in [-0.3, -0.25) is 4.79 Å². The molecule has 0 aliphatic heterocycles. The molecule has 0 aliphatic rings. The Hall–Kier alpha value is -2.81. The number of phenolic OH excluding ortho intramolecular Hbond substituents is 2. The first-order valence-corrected chi connectivity index (χ1v) is 7.44. The van der Waals surface area contributed by atoms with Crippen molar-refractivity contribution >= 4 is 5.78 Å². The minimum atomic E-state index is -0.365. The van der Waals surface area contributed by atoms with Crippen LogP contribution in [0.1, 0.15) is 27.0 Å². The first-order chi connectivity index (χ1) is 11.1. The van der Waals surface area contributed by atoms with Crippen molar-refractivity contribution in [3.05, 3.63) is 84.0 Å². The van der Waals surface area contributed by atoms with Crippen LogP contribution in [0.2, 0.25) is 0 Å². The quantitative estimate of drug-likeness (QED) is 0.462. The number of benzene rings is 2. The highest BCUT2D eigenvalue weighted by Gasteiger charge is 2.20. The Morgan fingerprint density at radius 3 is 2.26 bits per heavy atom. The topological polar surface area (TPSA) is 57.5 Å². The van der Waals surface area contributed by atoms with Crippen LogP contribution < -0.4 is 0 Å². The van der Waals surface area contributed by atoms with Crippen molar-refractivity contribution in [2.45, 2.75) is 19.3 Å². The largest absolute Gasteiger partial charge is 0.504 e. The minimum Gasteiger partial charge on any atom is -0.504 e. The second-order valence-electron chi connectivity index (χ2n) is 5.33. The molecule has 2 aromatic carbocycles. The third-order valence-corrected chi connectivity index (χ3v) is 3.69. The van der Waals surface area contributed by atoms with Gasteiger partial charge in [0.1, 0.15) is 0 Å². The number of phenols is 2. The normalized spacial score (nSPS) is 10.3. The van der Waals surface area contributed by atoms with E-state index in [0.29, 0.717) is 18.4 Å². The van der Waals surface area contributed by atoms with E-state index in [-0.39, 0.29) is 29.3 Å². The molecule has 0 radical (unpaired) electrons. The van der Waals surface area contributed by atoms with Gasteiger partial charge in [0.25, 0.3) is 0 Å². The number of allylic oxidation sites excluding steroid dienone is 2. The zero-order valence-electron chi connectivity index (χ0n) is 13.0. The lowest BCUT2D eigenvalue weighted by Gasteiger charge is -2.14. The van der Waals surface area contributed by atoms with Crippen LogP contribution in [-0.2, 0) is 19.3 Å². The van der Waals surface area contributed by atoms with Gasteiger partial charge in [-0.25, -0.2) is 0 Å². The van der Waals surface area contributed by atoms with Gasteiger partial charge in [0.05, 0.1) is 5.56 Å². The second-order valence-corrected chi connectivity index (χ2v) is 5.33. The van der Waals surface area contributed by atoms with Crippen molar-refractivity contribution in [1.29, 1.82) is 0 Å². The lowest BCUT2D eigenvalue weighted by Crippen LogP contribution is -2.06. The second kappa shape index (κ2) is 7.45. The van der Waals surface area contributed by atoms with Crippen molar-refractivity contribution in [2.24, 2.45) is 0 Å². The summed E-state index contributed by atoms with van der Waals surface area (Å²) in [5.74, 6) is -0.851. The molecule has 118 valence electrons. The van der Waals surface area contributed by atoms with Gasteiger partial charge in [-0.2, -0.15) is 0 Å². The van der Waals surface area contributed by atoms with E-state index < -0.39 is 0 Å². The number of rotatable bonds is 7. The van der Waals surface area contributed by atoms with E-state index in [1.165, 1.54) is 0 Å². The van der Waals surface area contributed by atoms with Crippen LogP contribution >= 0.6 is 0 Å². The number of Topliss-reactive ketones (excluding diaryl/α,β-unsaturated/α-hetero) is 1. The van der Waals surface area contributed by atoms with Gasteiger partial charge in [0, 0.05) is 12.0 Å². The first-order valence-electron chi connectivity index (χ1n) is 7.44. The number of hydrogen-bond donors (Lipinski definition) is 2. The Morgan fingerprint density at radius 2 is 1.65 bits per heavy atom. The number of ketones is 1. The van der Waals surface area contributed by atoms with Crippen molar-refractivity contribution in [1.82, 2.24) is 0 Å². The minimum absolute atomic E-state index is 0.135. The van der Waals surface area contributed by atoms with Gasteiger partial charge in [-0.1, -0.05) is 42.5 Å². The Morgan fingerprint density at radius 1 is 1.00 bits per heavy atom. The lowest BCUT2D eigenvalue weighted by atomic mass is 9.93. The summed E-state index contributed by atoms with van der Waals surface area (Å²) in [5.41, 5.74) is 2.34. The lowest BCUT2D eigenvalue weighted by molar-refractivity contribution is 0.0989. The van der Waals surface area contributed by atoms with Crippen LogP contribution in [0, 0.1) is 0 Å². The Labute approximate surface area is 136 Å². The molecule has 23 heavy (non-hydrogen) atoms. The molecule has 0 spiro atoms. The molecule has 3 nitrogen and oxygen atoms in total. The van der Waals surface area contributed by atoms with E-state index in [9.17, 15) is 15.0 Å². The highest BCUT2D eigenvalue weighted by molar-refractivity contribution is 6.01. The third kappa shape index (κ3) is 3.69. The Bertz CT molecular complexity index is 730. The summed E-state index contributed by atoms with van der Waals surface area (Å²) in [5, 5.41) is 20.5. The van der Waals surface area contributed by atoms with E-state index in [0.717, 1.165) is 11.1 Å². The zero-order valence-corrected chi connectivity index (χ0v) is 13.0. The molecule has 2 rings (SSSR count). The average molecular weight is 308 g/mol. The number of carbonyl (C=O) groups excluding carboxylic acids is 1. The summed E-state index contributed by atoms with van der Waals surface area (Å²) < 4.78 is 0. The van der Waals surface area contributed by atoms with Gasteiger partial charge in [-0.15, -0.1) is 13.2 Å². The van der Waals surface area contributed by atoms with Gasteiger partial charge >= 0.3 is 0 Å². The summed E-state index contributed by atoms with van der Waals surface area (Å²) in [6, 6.07) is 10.9. The molecule has 0 saturated heterocycles. The van der Waals surface area contributed by atoms with E-state index in [1.807, 2.05) is 30.3 Å². The van der Waals surface area contributed by atoms with E-state index in [4.69, 9.17) is 0 Å². The fourth-order valence-corrected chi connectivity index (χ4v) is 2.55. The van der Waals surface area contributed by atoms with Gasteiger partial charge in [0.2, 0.25) is 0 Å². The molecule has 0 amide bonds. The highest BCUT2D eigenvalue weighted by atomic mass is 16.3. The molecule has 0 heterocycles. The Balaban J connectivity index is 2.43. The molecule has 0 atom stereocenters. The molecule has 0 aliphatic carbocycles. The summed E-state index contributed by atoms with van der Waals surface area (Å²) in [6.45, 7) is 7.35. The van der Waals surface area contributed by atoms with Gasteiger partial charge in [-0.05, 0) is 30.0 Å². The molecule has 0 bridgehead atoms. The van der Waals surface area contributed by atoms with E-state index >= 15 is 0 Å². The van der Waals surface area contributed by atoms with Crippen LogP contribution in [0.5, 0.6) is 11.5 Å². The molecule has 0 unspecified atom stereocenters. The number of hydrogen-bond acceptors (Lipinski definition) is 3. The zero-order chi connectivity index (χ0) is 16.8. The van der Waals surface area contributed by atoms with E-state index in [1.54, 1.807) is 18.2 Å². The van der Waals surface area contributed by atoms with Crippen molar-refractivity contribution < 1.29 is 15.0 Å². The molecule has 3 heteroatoms. The van der Waals surface area contributed by atoms with Crippen LogP contribution in [0.25, 0.3) is 0 Å². The van der Waals surface area contributed by atoms with Gasteiger partial charge < -0.3 is 10.2 Å². The van der Waals surface area contributed by atoms with Crippen molar-refractivity contribution in [2.75, 3.05) is 0 Å². The first kappa shape index (κ1) is 16.6. The van der Waals surface area contributed by atoms with Crippen molar-refractivity contribution in [3.8, 4) is 11.5 Å². The predicted molar refractivity (Wildman–Crippen MR) is 92.1 cm³/mol. The molecule has 0 aromatic heterocycles. The standard InChI is InChI=1S/C20H20O3/c1-3-8-15-13-17(20(23)19(22)16(15)9-4-2)18(21)12-14-10-6-5-7-11-14/h3-7,10-11,13,22-23H,1-2,8-9,12H2. The summed E-state index contributed by atoms with van der Waals surface area (Å²) in [4.78, 5) is 12.5. The van der Waals surface area contributed by atoms with Gasteiger partial charge in [0.15, 0.2) is 17.3 Å². The van der Waals surface area contributed by atoms with E-state index in [2.05, 4.69) is 13.2 Å². The molecule has 2 aromatic rings. The molecular formula is C20H20O3. The number of carbonyl (C=O) groups is 1. The monoisotopic (exact) mass is 308 g/mol. The van der Waals surface area contributed by atoms with Crippen LogP contribution in [0.3, 0.4) is 0 Å². The fourth-order valence-electron chi connectivity index (χ4n) is 2.55. The van der Waals surface area contributed by atoms with Crippen LogP contribution in [-0.4, -0.2) is 16.0 Å². The smallest absolute Gasteiger partial charge is 0.171 e.